The van der Waals surface area contributed by atoms with Crippen LogP contribution < -0.4 is 19.4 Å². The molecule has 1 amide bonds. The van der Waals surface area contributed by atoms with Crippen LogP contribution in [0.2, 0.25) is 0 Å². The Balaban J connectivity index is 2.14. The van der Waals surface area contributed by atoms with E-state index in [0.29, 0.717) is 11.4 Å². The molecule has 1 heterocycles. The highest BCUT2D eigenvalue weighted by atomic mass is 32.2. The normalized spacial score (nSPS) is 18.8. The van der Waals surface area contributed by atoms with Gasteiger partial charge in [0.05, 0.1) is 39.2 Å². The maximum Gasteiger partial charge on any atom is 0.263 e. The zero-order chi connectivity index (χ0) is 19.3. The van der Waals surface area contributed by atoms with E-state index in [2.05, 4.69) is 17.6 Å². The number of likely N-dealkylation sites (tertiary alicyclic amines) is 1. The maximum atomic E-state index is 12.5. The molecule has 2 N–H and O–H groups in total. The van der Waals surface area contributed by atoms with E-state index in [9.17, 15) is 13.2 Å². The van der Waals surface area contributed by atoms with E-state index in [0.717, 1.165) is 42.2 Å². The molecule has 1 aliphatic heterocycles. The molecule has 26 heavy (non-hydrogen) atoms. The minimum Gasteiger partial charge on any atom is -0.497 e. The van der Waals surface area contributed by atoms with E-state index < -0.39 is 22.0 Å². The molecule has 8 nitrogen and oxygen atoms in total. The van der Waals surface area contributed by atoms with Crippen LogP contribution >= 0.6 is 0 Å². The molecule has 144 valence electrons. The van der Waals surface area contributed by atoms with E-state index >= 15 is 0 Å². The number of nitrogens with one attached hydrogen (secondary N) is 2. The van der Waals surface area contributed by atoms with Crippen LogP contribution in [-0.2, 0) is 14.8 Å². The number of rotatable bonds is 6. The van der Waals surface area contributed by atoms with E-state index in [4.69, 9.17) is 4.74 Å². The van der Waals surface area contributed by atoms with Gasteiger partial charge in [-0.1, -0.05) is 0 Å². The van der Waals surface area contributed by atoms with Gasteiger partial charge >= 0.3 is 0 Å². The van der Waals surface area contributed by atoms with Crippen LogP contribution in [0.1, 0.15) is 19.8 Å². The Kier molecular flexibility index (Phi) is 6.60. The summed E-state index contributed by atoms with van der Waals surface area (Å²) in [6.45, 7) is 3.50. The van der Waals surface area contributed by atoms with Crippen molar-refractivity contribution in [2.75, 3.05) is 37.8 Å². The standard InChI is InChI=1S/C17H26N4O4S/c1-13(17(22)19-18-14-9-11-20(2)12-10-14)21(26(4,23)24)15-5-7-16(25-3)8-6-15/h5-8,13H,9-12H2,1-4H3,(H,19,22)/p+1/t13-/m0/s1. The molecule has 2 rings (SSSR count). The van der Waals surface area contributed by atoms with Gasteiger partial charge in [0.2, 0.25) is 10.0 Å². The Morgan fingerprint density at radius 2 is 1.85 bits per heavy atom. The van der Waals surface area contributed by atoms with Gasteiger partial charge in [-0.15, -0.1) is 0 Å². The molecule has 0 bridgehead atoms. The molecule has 1 aliphatic rings. The summed E-state index contributed by atoms with van der Waals surface area (Å²) in [4.78, 5) is 13.9. The second-order valence-electron chi connectivity index (χ2n) is 6.54. The number of quaternary nitrogens is 1. The van der Waals surface area contributed by atoms with Crippen molar-refractivity contribution in [3.63, 3.8) is 0 Å². The summed E-state index contributed by atoms with van der Waals surface area (Å²) in [7, 11) is -0.000220. The van der Waals surface area contributed by atoms with Crippen molar-refractivity contribution < 1.29 is 22.8 Å². The van der Waals surface area contributed by atoms with E-state index in [1.54, 1.807) is 31.2 Å². The molecular weight excluding hydrogens is 356 g/mol. The number of nitrogens with zero attached hydrogens (tertiary/aromatic N) is 2. The number of carbonyl (C=O) groups is 1. The van der Waals surface area contributed by atoms with Crippen LogP contribution in [0.15, 0.2) is 29.4 Å². The largest absolute Gasteiger partial charge is 0.497 e. The summed E-state index contributed by atoms with van der Waals surface area (Å²) < 4.78 is 30.7. The van der Waals surface area contributed by atoms with Crippen LogP contribution in [0.25, 0.3) is 0 Å². The van der Waals surface area contributed by atoms with Gasteiger partial charge in [-0.3, -0.25) is 9.10 Å². The molecule has 0 aromatic heterocycles. The molecule has 9 heteroatoms. The van der Waals surface area contributed by atoms with E-state index in [-0.39, 0.29) is 0 Å². The monoisotopic (exact) mass is 383 g/mol. The van der Waals surface area contributed by atoms with Gasteiger partial charge < -0.3 is 9.64 Å². The van der Waals surface area contributed by atoms with Gasteiger partial charge in [0.15, 0.2) is 0 Å². The first-order valence-corrected chi connectivity index (χ1v) is 10.4. The molecule has 0 unspecified atom stereocenters. The fourth-order valence-electron chi connectivity index (χ4n) is 2.84. The smallest absolute Gasteiger partial charge is 0.263 e. The maximum absolute atomic E-state index is 12.5. The van der Waals surface area contributed by atoms with Crippen LogP contribution in [0.4, 0.5) is 5.69 Å². The van der Waals surface area contributed by atoms with Gasteiger partial charge in [-0.25, -0.2) is 13.8 Å². The predicted molar refractivity (Wildman–Crippen MR) is 101 cm³/mol. The van der Waals surface area contributed by atoms with Crippen molar-refractivity contribution >= 4 is 27.3 Å². The van der Waals surface area contributed by atoms with Crippen molar-refractivity contribution in [3.8, 4) is 5.75 Å². The molecule has 0 aliphatic carbocycles. The Morgan fingerprint density at radius 3 is 2.35 bits per heavy atom. The number of piperidine rings is 1. The number of amides is 1. The summed E-state index contributed by atoms with van der Waals surface area (Å²) in [5, 5.41) is 4.19. The first kappa shape index (κ1) is 20.2. The predicted octanol–water partition coefficient (Wildman–Crippen LogP) is -0.370. The summed E-state index contributed by atoms with van der Waals surface area (Å²) in [5.41, 5.74) is 3.85. The van der Waals surface area contributed by atoms with E-state index in [1.807, 2.05) is 0 Å². The lowest BCUT2D eigenvalue weighted by molar-refractivity contribution is -0.880. The summed E-state index contributed by atoms with van der Waals surface area (Å²) in [5.74, 6) is 0.139. The molecule has 1 aromatic carbocycles. The third-order valence-corrected chi connectivity index (χ3v) is 5.66. The van der Waals surface area contributed by atoms with Crippen molar-refractivity contribution in [3.05, 3.63) is 24.3 Å². The number of sulfonamides is 1. The molecule has 1 atom stereocenters. The molecular formula is C17H27N4O4S+. The Hall–Kier alpha value is -2.13. The average Bonchev–Trinajstić information content (AvgIpc) is 2.60. The van der Waals surface area contributed by atoms with Gasteiger partial charge in [0.1, 0.15) is 11.8 Å². The third-order valence-electron chi connectivity index (χ3n) is 4.42. The number of benzene rings is 1. The number of ether oxygens (including phenoxy) is 1. The number of hydrogen-bond donors (Lipinski definition) is 2. The summed E-state index contributed by atoms with van der Waals surface area (Å²) in [6, 6.07) is 5.59. The highest BCUT2D eigenvalue weighted by molar-refractivity contribution is 7.92. The SMILES string of the molecule is COc1ccc(N([C@@H](C)C(=O)NN=C2CC[NH+](C)CC2)S(C)(=O)=O)cc1. The lowest BCUT2D eigenvalue weighted by Gasteiger charge is -2.28. The van der Waals surface area contributed by atoms with Crippen molar-refractivity contribution in [2.24, 2.45) is 5.10 Å². The zero-order valence-electron chi connectivity index (χ0n) is 15.7. The number of anilines is 1. The van der Waals surface area contributed by atoms with Crippen LogP contribution in [-0.4, -0.2) is 59.6 Å². The number of methoxy groups -OCH3 is 1. The minimum absolute atomic E-state index is 0.395. The first-order valence-electron chi connectivity index (χ1n) is 8.52. The van der Waals surface area contributed by atoms with E-state index in [1.165, 1.54) is 12.0 Å². The van der Waals surface area contributed by atoms with Crippen LogP contribution in [0.3, 0.4) is 0 Å². The Bertz CT molecular complexity index is 751. The van der Waals surface area contributed by atoms with Crippen molar-refractivity contribution in [2.45, 2.75) is 25.8 Å². The molecule has 0 saturated carbocycles. The first-order chi connectivity index (χ1) is 12.2. The fraction of sp³-hybridized carbons (Fsp3) is 0.529. The summed E-state index contributed by atoms with van der Waals surface area (Å²) in [6.07, 6.45) is 2.73. The van der Waals surface area contributed by atoms with Crippen molar-refractivity contribution in [1.29, 1.82) is 0 Å². The quantitative estimate of drug-likeness (QED) is 0.656. The lowest BCUT2D eigenvalue weighted by Crippen LogP contribution is -3.10. The Labute approximate surface area is 154 Å². The second kappa shape index (κ2) is 8.50. The number of hydrazone groups is 1. The fourth-order valence-corrected chi connectivity index (χ4v) is 4.02. The third kappa shape index (κ3) is 5.18. The lowest BCUT2D eigenvalue weighted by atomic mass is 10.1. The number of carbonyl (C=O) groups excluding carboxylic acids is 1. The average molecular weight is 383 g/mol. The highest BCUT2D eigenvalue weighted by Crippen LogP contribution is 2.23. The number of hydrogen-bond acceptors (Lipinski definition) is 5. The summed E-state index contributed by atoms with van der Waals surface area (Å²) >= 11 is 0. The molecule has 0 radical (unpaired) electrons. The topological polar surface area (TPSA) is 92.5 Å². The van der Waals surface area contributed by atoms with Gasteiger partial charge in [-0.05, 0) is 31.2 Å². The van der Waals surface area contributed by atoms with Crippen molar-refractivity contribution in [1.82, 2.24) is 5.43 Å². The van der Waals surface area contributed by atoms with Crippen LogP contribution in [0.5, 0.6) is 5.75 Å². The Morgan fingerprint density at radius 1 is 1.27 bits per heavy atom. The zero-order valence-corrected chi connectivity index (χ0v) is 16.5. The van der Waals surface area contributed by atoms with Crippen LogP contribution in [0, 0.1) is 0 Å². The van der Waals surface area contributed by atoms with Gasteiger partial charge in [-0.2, -0.15) is 5.10 Å². The molecule has 1 aromatic rings. The second-order valence-corrected chi connectivity index (χ2v) is 8.40. The molecule has 0 spiro atoms. The van der Waals surface area contributed by atoms with Gasteiger partial charge in [0.25, 0.3) is 5.91 Å². The van der Waals surface area contributed by atoms with Gasteiger partial charge in [0, 0.05) is 18.6 Å². The molecule has 1 saturated heterocycles. The molecule has 1 fully saturated rings. The minimum atomic E-state index is -3.65. The highest BCUT2D eigenvalue weighted by Gasteiger charge is 2.29.